The Balaban J connectivity index is 5.12. The maximum absolute atomic E-state index is 12.8. The summed E-state index contributed by atoms with van der Waals surface area (Å²) < 4.78 is 0. The summed E-state index contributed by atoms with van der Waals surface area (Å²) in [5.74, 6) is -5.26. The molecule has 0 unspecified atom stereocenters. The van der Waals surface area contributed by atoms with E-state index >= 15 is 0 Å². The van der Waals surface area contributed by atoms with E-state index in [1.165, 1.54) is 6.92 Å². The zero-order chi connectivity index (χ0) is 28.5. The van der Waals surface area contributed by atoms with Gasteiger partial charge in [-0.05, 0) is 39.0 Å². The SMILES string of the molecule is C[C@H](NC(=O)[C@H](CCCNC(=N)N)NC(=O)[C@@H](N)CCC(=O)O)C(=O)N[C@@H](CCCNC(=N)N)C(=O)O. The summed E-state index contributed by atoms with van der Waals surface area (Å²) >= 11 is 0. The minimum atomic E-state index is -1.28. The van der Waals surface area contributed by atoms with Crippen LogP contribution in [0.25, 0.3) is 0 Å². The van der Waals surface area contributed by atoms with Crippen LogP contribution in [0.1, 0.15) is 45.4 Å². The van der Waals surface area contributed by atoms with E-state index in [1.807, 2.05) is 0 Å². The average Bonchev–Trinajstić information content (AvgIpc) is 2.80. The third-order valence-electron chi connectivity index (χ3n) is 4.98. The normalized spacial score (nSPS) is 13.7. The van der Waals surface area contributed by atoms with E-state index in [0.29, 0.717) is 6.42 Å². The van der Waals surface area contributed by atoms with Gasteiger partial charge in [0, 0.05) is 19.5 Å². The van der Waals surface area contributed by atoms with Crippen molar-refractivity contribution in [2.24, 2.45) is 17.2 Å². The summed E-state index contributed by atoms with van der Waals surface area (Å²) in [5, 5.41) is 44.6. The molecule has 0 saturated carbocycles. The van der Waals surface area contributed by atoms with Crippen LogP contribution in [0, 0.1) is 10.8 Å². The molecule has 0 aliphatic rings. The van der Waals surface area contributed by atoms with Crippen molar-refractivity contribution in [3.05, 3.63) is 0 Å². The number of hydrogen-bond acceptors (Lipinski definition) is 8. The molecule has 15 N–H and O–H groups in total. The van der Waals surface area contributed by atoms with Crippen LogP contribution in [0.3, 0.4) is 0 Å². The molecular formula is C20H38N10O7. The van der Waals surface area contributed by atoms with Gasteiger partial charge in [-0.3, -0.25) is 30.0 Å². The Morgan fingerprint density at radius 1 is 0.757 bits per heavy atom. The summed E-state index contributed by atoms with van der Waals surface area (Å²) in [7, 11) is 0. The predicted octanol–water partition coefficient (Wildman–Crippen LogP) is -3.74. The number of carbonyl (C=O) groups is 5. The number of nitrogens with two attached hydrogens (primary N) is 3. The van der Waals surface area contributed by atoms with Gasteiger partial charge < -0.3 is 54.0 Å². The number of rotatable bonds is 18. The first-order valence-corrected chi connectivity index (χ1v) is 11.5. The smallest absolute Gasteiger partial charge is 0.326 e. The molecule has 0 saturated heterocycles. The highest BCUT2D eigenvalue weighted by molar-refractivity contribution is 5.94. The lowest BCUT2D eigenvalue weighted by Crippen LogP contribution is -2.56. The topological polar surface area (TPSA) is 312 Å². The van der Waals surface area contributed by atoms with Crippen molar-refractivity contribution in [2.45, 2.75) is 69.6 Å². The Morgan fingerprint density at radius 3 is 1.70 bits per heavy atom. The van der Waals surface area contributed by atoms with Gasteiger partial charge in [-0.25, -0.2) is 4.79 Å². The van der Waals surface area contributed by atoms with Gasteiger partial charge >= 0.3 is 11.9 Å². The fourth-order valence-electron chi connectivity index (χ4n) is 2.95. The first kappa shape index (κ1) is 32.9. The molecule has 0 radical (unpaired) electrons. The van der Waals surface area contributed by atoms with Crippen molar-refractivity contribution in [3.63, 3.8) is 0 Å². The van der Waals surface area contributed by atoms with Crippen LogP contribution in [0.5, 0.6) is 0 Å². The zero-order valence-corrected chi connectivity index (χ0v) is 20.6. The quantitative estimate of drug-likeness (QED) is 0.0462. The van der Waals surface area contributed by atoms with Crippen molar-refractivity contribution in [3.8, 4) is 0 Å². The number of carbonyl (C=O) groups excluding carboxylic acids is 3. The van der Waals surface area contributed by atoms with Crippen LogP contribution in [0.2, 0.25) is 0 Å². The maximum atomic E-state index is 12.8. The van der Waals surface area contributed by atoms with Crippen molar-refractivity contribution in [1.82, 2.24) is 26.6 Å². The number of aliphatic carboxylic acids is 2. The van der Waals surface area contributed by atoms with Gasteiger partial charge in [0.05, 0.1) is 6.04 Å². The van der Waals surface area contributed by atoms with Gasteiger partial charge in [0.1, 0.15) is 18.1 Å². The van der Waals surface area contributed by atoms with Gasteiger partial charge in [0.2, 0.25) is 17.7 Å². The van der Waals surface area contributed by atoms with E-state index in [-0.39, 0.29) is 57.1 Å². The van der Waals surface area contributed by atoms with E-state index in [1.54, 1.807) is 0 Å². The highest BCUT2D eigenvalue weighted by Crippen LogP contribution is 2.03. The fraction of sp³-hybridized carbons (Fsp3) is 0.650. The van der Waals surface area contributed by atoms with Gasteiger partial charge in [-0.15, -0.1) is 0 Å². The second-order valence-corrected chi connectivity index (χ2v) is 8.20. The Bertz CT molecular complexity index is 838. The number of hydrogen-bond donors (Lipinski definition) is 12. The standard InChI is InChI=1S/C20H38N10O7/c1-10(15(33)30-13(18(36)37)5-3-9-27-20(24)25)28-17(35)12(4-2-8-26-19(22)23)29-16(34)11(21)6-7-14(31)32/h10-13H,2-9,21H2,1H3,(H,28,35)(H,29,34)(H,30,33)(H,31,32)(H,36,37)(H4,22,23,26)(H4,24,25,27)/t10-,11-,12-,13-/m0/s1. The number of nitrogens with one attached hydrogen (secondary N) is 7. The molecular weight excluding hydrogens is 492 g/mol. The Kier molecular flexibility index (Phi) is 15.4. The zero-order valence-electron chi connectivity index (χ0n) is 20.6. The minimum absolute atomic E-state index is 0.0398. The summed E-state index contributed by atoms with van der Waals surface area (Å²) in [6.45, 7) is 1.78. The lowest BCUT2D eigenvalue weighted by Gasteiger charge is -2.23. The highest BCUT2D eigenvalue weighted by atomic mass is 16.4. The molecule has 0 rings (SSSR count). The first-order chi connectivity index (χ1) is 17.2. The third kappa shape index (κ3) is 15.5. The van der Waals surface area contributed by atoms with Gasteiger partial charge in [-0.2, -0.15) is 0 Å². The first-order valence-electron chi connectivity index (χ1n) is 11.5. The largest absolute Gasteiger partial charge is 0.481 e. The van der Waals surface area contributed by atoms with Gasteiger partial charge in [-0.1, -0.05) is 0 Å². The summed E-state index contributed by atoms with van der Waals surface area (Å²) in [6, 6.07) is -4.75. The van der Waals surface area contributed by atoms with E-state index in [4.69, 9.17) is 33.1 Å². The molecule has 0 aliphatic carbocycles. The monoisotopic (exact) mass is 530 g/mol. The van der Waals surface area contributed by atoms with Crippen LogP contribution < -0.4 is 43.8 Å². The van der Waals surface area contributed by atoms with E-state index in [2.05, 4.69) is 26.6 Å². The summed E-state index contributed by atoms with van der Waals surface area (Å²) in [4.78, 5) is 59.9. The van der Waals surface area contributed by atoms with E-state index < -0.39 is 53.8 Å². The Morgan fingerprint density at radius 2 is 1.24 bits per heavy atom. The molecule has 0 spiro atoms. The fourth-order valence-corrected chi connectivity index (χ4v) is 2.95. The van der Waals surface area contributed by atoms with Crippen molar-refractivity contribution < 1.29 is 34.2 Å². The number of guanidine groups is 2. The predicted molar refractivity (Wildman–Crippen MR) is 132 cm³/mol. The lowest BCUT2D eigenvalue weighted by atomic mass is 10.1. The van der Waals surface area contributed by atoms with Gasteiger partial charge in [0.15, 0.2) is 11.9 Å². The van der Waals surface area contributed by atoms with Crippen molar-refractivity contribution >= 4 is 41.6 Å². The molecule has 0 bridgehead atoms. The Hall–Kier alpha value is -4.15. The van der Waals surface area contributed by atoms with Crippen LogP contribution in [0.15, 0.2) is 0 Å². The molecule has 0 heterocycles. The molecule has 37 heavy (non-hydrogen) atoms. The molecule has 3 amide bonds. The third-order valence-corrected chi connectivity index (χ3v) is 4.98. The highest BCUT2D eigenvalue weighted by Gasteiger charge is 2.28. The lowest BCUT2D eigenvalue weighted by molar-refractivity contribution is -0.142. The molecule has 0 fully saturated rings. The Labute approximate surface area is 213 Å². The molecule has 0 aromatic heterocycles. The molecule has 17 heteroatoms. The maximum Gasteiger partial charge on any atom is 0.326 e. The molecule has 17 nitrogen and oxygen atoms in total. The molecule has 0 aromatic rings. The van der Waals surface area contributed by atoms with Crippen LogP contribution in [-0.4, -0.2) is 89.0 Å². The van der Waals surface area contributed by atoms with Crippen LogP contribution in [-0.2, 0) is 24.0 Å². The number of carboxylic acids is 2. The molecule has 0 aromatic carbocycles. The van der Waals surface area contributed by atoms with E-state index in [9.17, 15) is 29.1 Å². The van der Waals surface area contributed by atoms with Gasteiger partial charge in [0.25, 0.3) is 0 Å². The van der Waals surface area contributed by atoms with Crippen LogP contribution in [0.4, 0.5) is 0 Å². The van der Waals surface area contributed by atoms with Crippen molar-refractivity contribution in [2.75, 3.05) is 13.1 Å². The van der Waals surface area contributed by atoms with Crippen LogP contribution >= 0.6 is 0 Å². The second-order valence-electron chi connectivity index (χ2n) is 8.20. The molecule has 210 valence electrons. The molecule has 4 atom stereocenters. The number of carboxylic acid groups (broad SMARTS) is 2. The minimum Gasteiger partial charge on any atom is -0.481 e. The molecule has 0 aliphatic heterocycles. The van der Waals surface area contributed by atoms with E-state index in [0.717, 1.165) is 0 Å². The van der Waals surface area contributed by atoms with Crippen molar-refractivity contribution in [1.29, 1.82) is 10.8 Å². The summed E-state index contributed by atoms with van der Waals surface area (Å²) in [6.07, 6.45) is 0.191. The number of amides is 3. The average molecular weight is 531 g/mol. The second kappa shape index (κ2) is 17.3. The summed E-state index contributed by atoms with van der Waals surface area (Å²) in [5.41, 5.74) is 16.1.